The lowest BCUT2D eigenvalue weighted by Gasteiger charge is -2.25. The second kappa shape index (κ2) is 9.40. The molecule has 0 spiro atoms. The molecule has 0 unspecified atom stereocenters. The number of ether oxygens (including phenoxy) is 1. The summed E-state index contributed by atoms with van der Waals surface area (Å²) in [6.45, 7) is 4.38. The molecule has 0 aliphatic carbocycles. The summed E-state index contributed by atoms with van der Waals surface area (Å²) in [4.78, 5) is 24.8. The molecule has 3 rings (SSSR count). The van der Waals surface area contributed by atoms with Crippen LogP contribution in [0.4, 0.5) is 5.69 Å². The maximum atomic E-state index is 12.7. The SMILES string of the molecule is Cc1ccccc1NC(=O)[C@@H](C)OC(=O)c1ccc(S(=O)(=O)N2CCCCC2)cc1. The van der Waals surface area contributed by atoms with Gasteiger partial charge >= 0.3 is 5.97 Å². The number of carbonyl (C=O) groups is 2. The van der Waals surface area contributed by atoms with Crippen LogP contribution in [0.5, 0.6) is 0 Å². The molecular formula is C22H26N2O5S. The fraction of sp³-hybridized carbons (Fsp3) is 0.364. The molecule has 1 fully saturated rings. The van der Waals surface area contributed by atoms with E-state index < -0.39 is 28.0 Å². The Hall–Kier alpha value is -2.71. The Morgan fingerprint density at radius 1 is 1.00 bits per heavy atom. The van der Waals surface area contributed by atoms with Crippen LogP contribution in [0.15, 0.2) is 53.4 Å². The first kappa shape index (κ1) is 22.0. The maximum absolute atomic E-state index is 12.7. The minimum absolute atomic E-state index is 0.145. The van der Waals surface area contributed by atoms with Crippen LogP contribution >= 0.6 is 0 Å². The molecule has 1 atom stereocenters. The number of piperidine rings is 1. The van der Waals surface area contributed by atoms with Crippen LogP contribution in [0.3, 0.4) is 0 Å². The topological polar surface area (TPSA) is 92.8 Å². The van der Waals surface area contributed by atoms with Crippen molar-refractivity contribution in [1.82, 2.24) is 4.31 Å². The fourth-order valence-corrected chi connectivity index (χ4v) is 4.76. The fourth-order valence-electron chi connectivity index (χ4n) is 3.25. The number of hydrogen-bond acceptors (Lipinski definition) is 5. The lowest BCUT2D eigenvalue weighted by atomic mass is 10.2. The average molecular weight is 431 g/mol. The summed E-state index contributed by atoms with van der Waals surface area (Å²) < 4.78 is 32.1. The van der Waals surface area contributed by atoms with Crippen molar-refractivity contribution in [1.29, 1.82) is 0 Å². The zero-order valence-electron chi connectivity index (χ0n) is 17.1. The molecule has 160 valence electrons. The highest BCUT2D eigenvalue weighted by molar-refractivity contribution is 7.89. The number of nitrogens with one attached hydrogen (secondary N) is 1. The highest BCUT2D eigenvalue weighted by Gasteiger charge is 2.26. The van der Waals surface area contributed by atoms with Gasteiger partial charge in [-0.05, 0) is 62.6 Å². The van der Waals surface area contributed by atoms with Crippen molar-refractivity contribution in [3.8, 4) is 0 Å². The van der Waals surface area contributed by atoms with Crippen molar-refractivity contribution in [2.75, 3.05) is 18.4 Å². The van der Waals surface area contributed by atoms with Gasteiger partial charge in [0.15, 0.2) is 6.10 Å². The van der Waals surface area contributed by atoms with Gasteiger partial charge in [0, 0.05) is 18.8 Å². The third kappa shape index (κ3) is 5.06. The van der Waals surface area contributed by atoms with Gasteiger partial charge in [-0.15, -0.1) is 0 Å². The van der Waals surface area contributed by atoms with Crippen LogP contribution in [0.25, 0.3) is 0 Å². The molecule has 0 bridgehead atoms. The monoisotopic (exact) mass is 430 g/mol. The molecule has 1 aliphatic heterocycles. The molecule has 0 radical (unpaired) electrons. The largest absolute Gasteiger partial charge is 0.449 e. The summed E-state index contributed by atoms with van der Waals surface area (Å²) in [6.07, 6.45) is 1.73. The highest BCUT2D eigenvalue weighted by Crippen LogP contribution is 2.21. The Bertz CT molecular complexity index is 1010. The summed E-state index contributed by atoms with van der Waals surface area (Å²) in [7, 11) is -3.56. The Kier molecular flexibility index (Phi) is 6.89. The quantitative estimate of drug-likeness (QED) is 0.710. The molecule has 2 aromatic carbocycles. The van der Waals surface area contributed by atoms with Gasteiger partial charge in [-0.2, -0.15) is 4.31 Å². The van der Waals surface area contributed by atoms with Crippen LogP contribution in [-0.4, -0.2) is 43.8 Å². The van der Waals surface area contributed by atoms with Gasteiger partial charge in [0.05, 0.1) is 10.5 Å². The van der Waals surface area contributed by atoms with Gasteiger partial charge in [0.1, 0.15) is 0 Å². The van der Waals surface area contributed by atoms with Crippen molar-refractivity contribution < 1.29 is 22.7 Å². The first-order valence-electron chi connectivity index (χ1n) is 9.97. The van der Waals surface area contributed by atoms with E-state index in [0.717, 1.165) is 24.8 Å². The standard InChI is InChI=1S/C22H26N2O5S/c1-16-8-4-5-9-20(16)23-21(25)17(2)29-22(26)18-10-12-19(13-11-18)30(27,28)24-14-6-3-7-15-24/h4-5,8-13,17H,3,6-7,14-15H2,1-2H3,(H,23,25)/t17-/m1/s1. The molecule has 0 saturated carbocycles. The number of nitrogens with zero attached hydrogens (tertiary/aromatic N) is 1. The summed E-state index contributed by atoms with van der Waals surface area (Å²) in [5.74, 6) is -1.13. The second-order valence-corrected chi connectivity index (χ2v) is 9.28. The molecule has 1 amide bonds. The number of sulfonamides is 1. The Balaban J connectivity index is 1.62. The number of carbonyl (C=O) groups excluding carboxylic acids is 2. The summed E-state index contributed by atoms with van der Waals surface area (Å²) >= 11 is 0. The zero-order valence-corrected chi connectivity index (χ0v) is 17.9. The maximum Gasteiger partial charge on any atom is 0.338 e. The predicted octanol–water partition coefficient (Wildman–Crippen LogP) is 3.35. The van der Waals surface area contributed by atoms with Crippen molar-refractivity contribution in [2.24, 2.45) is 0 Å². The summed E-state index contributed by atoms with van der Waals surface area (Å²) in [5.41, 5.74) is 1.73. The molecule has 2 aromatic rings. The Morgan fingerprint density at radius 3 is 2.27 bits per heavy atom. The van der Waals surface area contributed by atoms with E-state index in [1.165, 1.54) is 35.5 Å². The van der Waals surface area contributed by atoms with Crippen molar-refractivity contribution in [3.05, 3.63) is 59.7 Å². The number of aryl methyl sites for hydroxylation is 1. The smallest absolute Gasteiger partial charge is 0.338 e. The van der Waals surface area contributed by atoms with E-state index in [9.17, 15) is 18.0 Å². The minimum Gasteiger partial charge on any atom is -0.449 e. The van der Waals surface area contributed by atoms with E-state index in [-0.39, 0.29) is 10.5 Å². The summed E-state index contributed by atoms with van der Waals surface area (Å²) in [6, 6.07) is 12.9. The van der Waals surface area contributed by atoms with Crippen LogP contribution in [0, 0.1) is 6.92 Å². The Labute approximate surface area is 177 Å². The molecule has 30 heavy (non-hydrogen) atoms. The van der Waals surface area contributed by atoms with Crippen LogP contribution in [0.2, 0.25) is 0 Å². The third-order valence-corrected chi connectivity index (χ3v) is 7.01. The average Bonchev–Trinajstić information content (AvgIpc) is 2.76. The lowest BCUT2D eigenvalue weighted by molar-refractivity contribution is -0.123. The van der Waals surface area contributed by atoms with E-state index in [2.05, 4.69) is 5.32 Å². The highest BCUT2D eigenvalue weighted by atomic mass is 32.2. The summed E-state index contributed by atoms with van der Waals surface area (Å²) in [5, 5.41) is 2.73. The molecule has 1 aliphatic rings. The number of para-hydroxylation sites is 1. The van der Waals surface area contributed by atoms with Gasteiger partial charge in [-0.25, -0.2) is 13.2 Å². The van der Waals surface area contributed by atoms with E-state index in [4.69, 9.17) is 4.74 Å². The van der Waals surface area contributed by atoms with Crippen LogP contribution < -0.4 is 5.32 Å². The molecule has 1 saturated heterocycles. The Morgan fingerprint density at radius 2 is 1.63 bits per heavy atom. The van der Waals surface area contributed by atoms with Gasteiger partial charge < -0.3 is 10.1 Å². The van der Waals surface area contributed by atoms with E-state index >= 15 is 0 Å². The molecule has 7 nitrogen and oxygen atoms in total. The van der Waals surface area contributed by atoms with Crippen molar-refractivity contribution >= 4 is 27.6 Å². The normalized spacial score (nSPS) is 15.9. The van der Waals surface area contributed by atoms with Crippen molar-refractivity contribution in [2.45, 2.75) is 44.1 Å². The molecule has 1 heterocycles. The zero-order chi connectivity index (χ0) is 21.7. The minimum atomic E-state index is -3.56. The number of amides is 1. The van der Waals surface area contributed by atoms with Gasteiger partial charge in [-0.3, -0.25) is 4.79 Å². The van der Waals surface area contributed by atoms with Gasteiger partial charge in [-0.1, -0.05) is 24.6 Å². The molecular weight excluding hydrogens is 404 g/mol. The van der Waals surface area contributed by atoms with Gasteiger partial charge in [0.2, 0.25) is 10.0 Å². The van der Waals surface area contributed by atoms with Crippen molar-refractivity contribution in [3.63, 3.8) is 0 Å². The number of hydrogen-bond donors (Lipinski definition) is 1. The third-order valence-electron chi connectivity index (χ3n) is 5.10. The van der Waals surface area contributed by atoms with Gasteiger partial charge in [0.25, 0.3) is 5.91 Å². The number of rotatable bonds is 6. The number of benzene rings is 2. The molecule has 1 N–H and O–H groups in total. The second-order valence-electron chi connectivity index (χ2n) is 7.34. The first-order chi connectivity index (χ1) is 14.3. The van der Waals surface area contributed by atoms with E-state index in [1.54, 1.807) is 12.1 Å². The molecule has 0 aromatic heterocycles. The number of anilines is 1. The van der Waals surface area contributed by atoms with E-state index in [1.807, 2.05) is 19.1 Å². The molecule has 8 heteroatoms. The van der Waals surface area contributed by atoms with Crippen LogP contribution in [0.1, 0.15) is 42.1 Å². The van der Waals surface area contributed by atoms with E-state index in [0.29, 0.717) is 18.8 Å². The lowest BCUT2D eigenvalue weighted by Crippen LogP contribution is -2.35. The number of esters is 1. The van der Waals surface area contributed by atoms with Crippen LogP contribution in [-0.2, 0) is 19.6 Å². The predicted molar refractivity (Wildman–Crippen MR) is 114 cm³/mol. The first-order valence-corrected chi connectivity index (χ1v) is 11.4.